The second-order valence-corrected chi connectivity index (χ2v) is 5.61. The lowest BCUT2D eigenvalue weighted by Gasteiger charge is -2.19. The maximum absolute atomic E-state index is 13.2. The average Bonchev–Trinajstić information content (AvgIpc) is 2.59. The molecule has 3 rings (SSSR count). The van der Waals surface area contributed by atoms with Crippen molar-refractivity contribution >= 4 is 22.5 Å². The lowest BCUT2D eigenvalue weighted by Crippen LogP contribution is -2.29. The van der Waals surface area contributed by atoms with Crippen LogP contribution in [0, 0.1) is 0 Å². The Morgan fingerprint density at radius 3 is 2.64 bits per heavy atom. The molecule has 2 N–H and O–H groups in total. The molecule has 0 aliphatic rings. The van der Waals surface area contributed by atoms with Crippen molar-refractivity contribution in [2.24, 2.45) is 5.73 Å². The van der Waals surface area contributed by atoms with Gasteiger partial charge in [0.2, 0.25) is 5.88 Å². The van der Waals surface area contributed by atoms with Crippen LogP contribution in [0.5, 0.6) is 5.88 Å². The summed E-state index contributed by atoms with van der Waals surface area (Å²) in [4.78, 5) is 12.3. The number of nitrogens with zero attached hydrogens (tertiary/aromatic N) is 3. The van der Waals surface area contributed by atoms with Crippen LogP contribution in [0.4, 0.5) is 13.2 Å². The molecular formula is C16H12ClF3N4O. The van der Waals surface area contributed by atoms with Gasteiger partial charge in [0, 0.05) is 10.9 Å². The highest BCUT2D eigenvalue weighted by atomic mass is 35.5. The standard InChI is InChI=1S/C16H12ClF3N4O/c1-25-12-7-22-6-11(23-12)14-9(15(21)16(18,19)20)5-8-3-2-4-10(17)13(8)24-14/h2-7,15H,21H2,1H3/t15-/m1/s1. The van der Waals surface area contributed by atoms with E-state index in [1.54, 1.807) is 18.2 Å². The molecule has 0 unspecified atom stereocenters. The largest absolute Gasteiger partial charge is 0.480 e. The van der Waals surface area contributed by atoms with Gasteiger partial charge in [-0.2, -0.15) is 13.2 Å². The van der Waals surface area contributed by atoms with Crippen molar-refractivity contribution in [2.45, 2.75) is 12.2 Å². The van der Waals surface area contributed by atoms with Crippen LogP contribution >= 0.6 is 11.6 Å². The molecule has 0 bridgehead atoms. The van der Waals surface area contributed by atoms with Crippen LogP contribution in [-0.4, -0.2) is 28.2 Å². The number of halogens is 4. The molecule has 0 amide bonds. The molecule has 0 aliphatic heterocycles. The van der Waals surface area contributed by atoms with Crippen LogP contribution in [-0.2, 0) is 0 Å². The molecule has 2 aromatic heterocycles. The van der Waals surface area contributed by atoms with Gasteiger partial charge in [-0.05, 0) is 12.1 Å². The summed E-state index contributed by atoms with van der Waals surface area (Å²) in [6.45, 7) is 0. The molecule has 3 aromatic rings. The van der Waals surface area contributed by atoms with Crippen molar-refractivity contribution in [3.8, 4) is 17.3 Å². The van der Waals surface area contributed by atoms with Gasteiger partial charge in [-0.15, -0.1) is 0 Å². The molecule has 9 heteroatoms. The first-order valence-electron chi connectivity index (χ1n) is 7.09. The fourth-order valence-corrected chi connectivity index (χ4v) is 2.58. The molecule has 2 heterocycles. The van der Waals surface area contributed by atoms with Gasteiger partial charge in [-0.3, -0.25) is 4.98 Å². The van der Waals surface area contributed by atoms with Gasteiger partial charge in [0.05, 0.1) is 35.7 Å². The second kappa shape index (κ2) is 6.45. The molecule has 0 fully saturated rings. The lowest BCUT2D eigenvalue weighted by molar-refractivity contribution is -0.149. The van der Waals surface area contributed by atoms with Gasteiger partial charge in [-0.1, -0.05) is 23.7 Å². The van der Waals surface area contributed by atoms with E-state index in [2.05, 4.69) is 15.0 Å². The zero-order valence-electron chi connectivity index (χ0n) is 12.9. The fraction of sp³-hybridized carbons (Fsp3) is 0.188. The van der Waals surface area contributed by atoms with Crippen LogP contribution < -0.4 is 10.5 Å². The van der Waals surface area contributed by atoms with Gasteiger partial charge in [0.15, 0.2) is 0 Å². The van der Waals surface area contributed by atoms with Gasteiger partial charge in [-0.25, -0.2) is 9.97 Å². The summed E-state index contributed by atoms with van der Waals surface area (Å²) >= 11 is 6.12. The number of methoxy groups -OCH3 is 1. The Morgan fingerprint density at radius 1 is 1.20 bits per heavy atom. The summed E-state index contributed by atoms with van der Waals surface area (Å²) in [5, 5.41) is 0.753. The summed E-state index contributed by atoms with van der Waals surface area (Å²) in [6, 6.07) is 3.93. The van der Waals surface area contributed by atoms with Gasteiger partial charge in [0.25, 0.3) is 0 Å². The number of ether oxygens (including phenoxy) is 1. The third kappa shape index (κ3) is 3.35. The molecule has 0 saturated heterocycles. The highest BCUT2D eigenvalue weighted by molar-refractivity contribution is 6.35. The predicted octanol–water partition coefficient (Wildman–Crippen LogP) is 3.92. The summed E-state index contributed by atoms with van der Waals surface area (Å²) in [5.41, 5.74) is 5.63. The van der Waals surface area contributed by atoms with Gasteiger partial charge >= 0.3 is 6.18 Å². The first-order chi connectivity index (χ1) is 11.8. The molecule has 1 aromatic carbocycles. The number of fused-ring (bicyclic) bond motifs is 1. The highest BCUT2D eigenvalue weighted by Gasteiger charge is 2.40. The quantitative estimate of drug-likeness (QED) is 0.758. The number of para-hydroxylation sites is 1. The SMILES string of the molecule is COc1cncc(-c2nc3c(Cl)cccc3cc2[C@@H](N)C(F)(F)F)n1. The normalized spacial score (nSPS) is 13.0. The summed E-state index contributed by atoms with van der Waals surface area (Å²) in [6.07, 6.45) is -2.02. The smallest absolute Gasteiger partial charge is 0.407 e. The van der Waals surface area contributed by atoms with Crippen molar-refractivity contribution in [3.63, 3.8) is 0 Å². The van der Waals surface area contributed by atoms with E-state index < -0.39 is 12.2 Å². The number of hydrogen-bond acceptors (Lipinski definition) is 5. The van der Waals surface area contributed by atoms with E-state index in [1.807, 2.05) is 0 Å². The first kappa shape index (κ1) is 17.4. The summed E-state index contributed by atoms with van der Waals surface area (Å²) in [5.74, 6) is 0.144. The Hall–Kier alpha value is -2.45. The third-order valence-electron chi connectivity index (χ3n) is 3.58. The van der Waals surface area contributed by atoms with Crippen LogP contribution in [0.15, 0.2) is 36.7 Å². The van der Waals surface area contributed by atoms with Gasteiger partial charge in [0.1, 0.15) is 11.7 Å². The number of aromatic nitrogens is 3. The number of nitrogens with two attached hydrogens (primary N) is 1. The van der Waals surface area contributed by atoms with Crippen molar-refractivity contribution in [2.75, 3.05) is 7.11 Å². The highest BCUT2D eigenvalue weighted by Crippen LogP contribution is 2.37. The van der Waals surface area contributed by atoms with E-state index in [4.69, 9.17) is 22.1 Å². The van der Waals surface area contributed by atoms with E-state index >= 15 is 0 Å². The van der Waals surface area contributed by atoms with Crippen molar-refractivity contribution in [1.82, 2.24) is 15.0 Å². The first-order valence-corrected chi connectivity index (χ1v) is 7.47. The Balaban J connectivity index is 2.31. The Bertz CT molecular complexity index is 933. The average molecular weight is 369 g/mol. The maximum atomic E-state index is 13.2. The minimum atomic E-state index is -4.64. The molecule has 0 radical (unpaired) electrons. The molecule has 1 atom stereocenters. The maximum Gasteiger partial charge on any atom is 0.407 e. The topological polar surface area (TPSA) is 73.9 Å². The van der Waals surface area contributed by atoms with E-state index in [0.717, 1.165) is 0 Å². The number of rotatable bonds is 3. The Morgan fingerprint density at radius 2 is 1.96 bits per heavy atom. The summed E-state index contributed by atoms with van der Waals surface area (Å²) in [7, 11) is 1.38. The zero-order valence-corrected chi connectivity index (χ0v) is 13.6. The molecule has 0 spiro atoms. The summed E-state index contributed by atoms with van der Waals surface area (Å²) < 4.78 is 44.6. The van der Waals surface area contributed by atoms with E-state index in [9.17, 15) is 13.2 Å². The zero-order chi connectivity index (χ0) is 18.2. The van der Waals surface area contributed by atoms with Gasteiger partial charge < -0.3 is 10.5 Å². The number of hydrogen-bond donors (Lipinski definition) is 1. The van der Waals surface area contributed by atoms with E-state index in [0.29, 0.717) is 15.9 Å². The minimum absolute atomic E-state index is 0.0446. The molecular weight excluding hydrogens is 357 g/mol. The predicted molar refractivity (Wildman–Crippen MR) is 87.3 cm³/mol. The Labute approximate surface area is 145 Å². The third-order valence-corrected chi connectivity index (χ3v) is 3.88. The van der Waals surface area contributed by atoms with E-state index in [-0.39, 0.29) is 22.8 Å². The monoisotopic (exact) mass is 368 g/mol. The molecule has 5 nitrogen and oxygen atoms in total. The molecule has 0 saturated carbocycles. The van der Waals surface area contributed by atoms with Crippen LogP contribution in [0.2, 0.25) is 5.02 Å². The van der Waals surface area contributed by atoms with Crippen LogP contribution in [0.25, 0.3) is 22.3 Å². The fourth-order valence-electron chi connectivity index (χ4n) is 2.36. The van der Waals surface area contributed by atoms with Crippen LogP contribution in [0.1, 0.15) is 11.6 Å². The lowest BCUT2D eigenvalue weighted by atomic mass is 10.0. The molecule has 0 aliphatic carbocycles. The van der Waals surface area contributed by atoms with Crippen molar-refractivity contribution in [1.29, 1.82) is 0 Å². The van der Waals surface area contributed by atoms with Crippen LogP contribution in [0.3, 0.4) is 0 Å². The van der Waals surface area contributed by atoms with E-state index in [1.165, 1.54) is 25.6 Å². The van der Waals surface area contributed by atoms with Crippen molar-refractivity contribution < 1.29 is 17.9 Å². The Kier molecular flexibility index (Phi) is 4.49. The minimum Gasteiger partial charge on any atom is -0.480 e. The molecule has 130 valence electrons. The number of alkyl halides is 3. The number of benzene rings is 1. The number of pyridine rings is 1. The van der Waals surface area contributed by atoms with Crippen molar-refractivity contribution in [3.05, 3.63) is 47.2 Å². The molecule has 25 heavy (non-hydrogen) atoms. The second-order valence-electron chi connectivity index (χ2n) is 5.20.